The molecular formula is C29H39NO5S. The lowest BCUT2D eigenvalue weighted by atomic mass is 9.69. The van der Waals surface area contributed by atoms with Gasteiger partial charge in [0.25, 0.3) is 0 Å². The number of ketones is 1. The van der Waals surface area contributed by atoms with E-state index in [4.69, 9.17) is 9.47 Å². The maximum atomic E-state index is 13.6. The molecular weight excluding hydrogens is 474 g/mol. The number of aryl methyl sites for hydroxylation is 1. The maximum Gasteiger partial charge on any atom is 0.331 e. The van der Waals surface area contributed by atoms with Crippen LogP contribution in [0.4, 0.5) is 0 Å². The minimum atomic E-state index is -0.889. The van der Waals surface area contributed by atoms with Crippen molar-refractivity contribution in [3.05, 3.63) is 46.0 Å². The van der Waals surface area contributed by atoms with E-state index >= 15 is 0 Å². The summed E-state index contributed by atoms with van der Waals surface area (Å²) in [7, 11) is 0. The van der Waals surface area contributed by atoms with E-state index in [0.29, 0.717) is 12.8 Å². The summed E-state index contributed by atoms with van der Waals surface area (Å²) in [5.41, 5.74) is 0.889. The van der Waals surface area contributed by atoms with Crippen LogP contribution in [-0.2, 0) is 23.9 Å². The topological polar surface area (TPSA) is 82.6 Å². The zero-order chi connectivity index (χ0) is 26.3. The lowest BCUT2D eigenvalue weighted by molar-refractivity contribution is -0.159. The number of esters is 2. The zero-order valence-corrected chi connectivity index (χ0v) is 22.9. The highest BCUT2D eigenvalue weighted by Crippen LogP contribution is 2.39. The van der Waals surface area contributed by atoms with Gasteiger partial charge in [0.15, 0.2) is 0 Å². The zero-order valence-electron chi connectivity index (χ0n) is 22.1. The van der Waals surface area contributed by atoms with Crippen molar-refractivity contribution in [1.29, 1.82) is 0 Å². The number of aromatic nitrogens is 1. The van der Waals surface area contributed by atoms with Gasteiger partial charge >= 0.3 is 11.9 Å². The van der Waals surface area contributed by atoms with Crippen molar-refractivity contribution in [2.45, 2.75) is 91.8 Å². The van der Waals surface area contributed by atoms with Crippen LogP contribution < -0.4 is 0 Å². The molecule has 1 aliphatic heterocycles. The Morgan fingerprint density at radius 2 is 1.92 bits per heavy atom. The first-order valence-electron chi connectivity index (χ1n) is 12.9. The summed E-state index contributed by atoms with van der Waals surface area (Å²) >= 11 is 1.58. The van der Waals surface area contributed by atoms with Crippen LogP contribution in [0, 0.1) is 24.2 Å². The highest BCUT2D eigenvalue weighted by atomic mass is 32.1. The molecule has 4 atom stereocenters. The number of hydrogen-bond donors (Lipinski definition) is 0. The van der Waals surface area contributed by atoms with Crippen molar-refractivity contribution < 1.29 is 23.9 Å². The molecule has 2 heterocycles. The molecule has 2 aliphatic rings. The molecule has 7 heteroatoms. The molecule has 3 rings (SSSR count). The van der Waals surface area contributed by atoms with Gasteiger partial charge in [0.05, 0.1) is 16.6 Å². The normalized spacial score (nSPS) is 29.8. The van der Waals surface area contributed by atoms with Gasteiger partial charge in [-0.3, -0.25) is 9.59 Å². The number of nitrogens with zero attached hydrogens (tertiary/aromatic N) is 1. The summed E-state index contributed by atoms with van der Waals surface area (Å²) in [6.45, 7) is 8.94. The largest absolute Gasteiger partial charge is 0.461 e. The maximum absolute atomic E-state index is 13.6. The number of fused-ring (bicyclic) bond motifs is 2. The molecule has 1 aromatic rings. The lowest BCUT2D eigenvalue weighted by Gasteiger charge is -2.39. The van der Waals surface area contributed by atoms with E-state index in [1.54, 1.807) is 17.4 Å². The smallest absolute Gasteiger partial charge is 0.331 e. The molecule has 0 aromatic carbocycles. The molecule has 1 aromatic heterocycles. The first kappa shape index (κ1) is 28.0. The second-order valence-corrected chi connectivity index (χ2v) is 11.6. The van der Waals surface area contributed by atoms with Crippen LogP contribution in [0.3, 0.4) is 0 Å². The van der Waals surface area contributed by atoms with Gasteiger partial charge in [-0.15, -0.1) is 11.3 Å². The average molecular weight is 514 g/mol. The van der Waals surface area contributed by atoms with Crippen molar-refractivity contribution in [2.75, 3.05) is 0 Å². The number of thiazole rings is 1. The summed E-state index contributed by atoms with van der Waals surface area (Å²) in [6, 6.07) is 0. The molecule has 1 aliphatic carbocycles. The second kappa shape index (κ2) is 12.6. The molecule has 0 amide bonds. The number of Topliss-reactive ketones (excluding diaryl/α,β-unsaturated/α-hetero) is 1. The van der Waals surface area contributed by atoms with Crippen LogP contribution in [0.1, 0.15) is 83.3 Å². The number of allylic oxidation sites excluding steroid dienone is 2. The fraction of sp³-hybridized carbons (Fsp3) is 0.586. The minimum Gasteiger partial charge on any atom is -0.461 e. The number of cyclic esters (lactones) is 1. The Bertz CT molecular complexity index is 1030. The van der Waals surface area contributed by atoms with Gasteiger partial charge in [0.1, 0.15) is 18.0 Å². The summed E-state index contributed by atoms with van der Waals surface area (Å²) < 4.78 is 11.6. The first-order chi connectivity index (χ1) is 17.1. The molecule has 196 valence electrons. The van der Waals surface area contributed by atoms with Crippen molar-refractivity contribution in [1.82, 2.24) is 4.98 Å². The van der Waals surface area contributed by atoms with Crippen LogP contribution in [0.15, 0.2) is 35.3 Å². The number of carbonyl (C=O) groups excluding carboxylic acids is 3. The Labute approximate surface area is 218 Å². The average Bonchev–Trinajstić information content (AvgIpc) is 3.22. The predicted octanol–water partition coefficient (Wildman–Crippen LogP) is 6.40. The van der Waals surface area contributed by atoms with E-state index in [1.807, 2.05) is 39.2 Å². The van der Waals surface area contributed by atoms with E-state index in [-0.39, 0.29) is 23.6 Å². The standard InChI is InChI=1S/C29H39NO5S/c1-19(17-23-18-36-20(2)30-23)25-14-9-7-6-8-11-22-12-10-13-24(27(22)34-21(3)31)28(33)29(4,5)16-15-26(32)35-25/h7,9,15-18,22,24-25,27H,6,8,10-14H2,1-5H3/b9-7+,16-15+,19-17+/t22-,24-,25+,27+/m1/s1. The van der Waals surface area contributed by atoms with Crippen LogP contribution >= 0.6 is 11.3 Å². The Kier molecular flexibility index (Phi) is 9.83. The Hall–Kier alpha value is -2.54. The molecule has 0 saturated heterocycles. The van der Waals surface area contributed by atoms with Crippen LogP contribution in [0.2, 0.25) is 0 Å². The van der Waals surface area contributed by atoms with Crippen molar-refractivity contribution in [3.8, 4) is 0 Å². The van der Waals surface area contributed by atoms with E-state index in [0.717, 1.165) is 48.4 Å². The van der Waals surface area contributed by atoms with E-state index in [1.165, 1.54) is 13.0 Å². The molecule has 0 N–H and O–H groups in total. The quantitative estimate of drug-likeness (QED) is 0.344. The third-order valence-corrected chi connectivity index (χ3v) is 7.89. The van der Waals surface area contributed by atoms with E-state index < -0.39 is 23.6 Å². The Morgan fingerprint density at radius 1 is 1.17 bits per heavy atom. The van der Waals surface area contributed by atoms with Gasteiger partial charge in [-0.05, 0) is 77.4 Å². The molecule has 36 heavy (non-hydrogen) atoms. The fourth-order valence-electron chi connectivity index (χ4n) is 5.17. The van der Waals surface area contributed by atoms with Crippen LogP contribution in [0.25, 0.3) is 6.08 Å². The molecule has 1 saturated carbocycles. The monoisotopic (exact) mass is 513 g/mol. The van der Waals surface area contributed by atoms with Crippen molar-refractivity contribution in [3.63, 3.8) is 0 Å². The summed E-state index contributed by atoms with van der Waals surface area (Å²) in [6.07, 6.45) is 14.2. The van der Waals surface area contributed by atoms with Gasteiger partial charge in [-0.2, -0.15) is 0 Å². The molecule has 0 radical (unpaired) electrons. The van der Waals surface area contributed by atoms with Crippen molar-refractivity contribution >= 4 is 35.1 Å². The number of ether oxygens (including phenoxy) is 2. The Morgan fingerprint density at radius 3 is 2.61 bits per heavy atom. The predicted molar refractivity (Wildman–Crippen MR) is 142 cm³/mol. The number of hydrogen-bond acceptors (Lipinski definition) is 7. The first-order valence-corrected chi connectivity index (χ1v) is 13.8. The fourth-order valence-corrected chi connectivity index (χ4v) is 5.74. The summed E-state index contributed by atoms with van der Waals surface area (Å²) in [5, 5.41) is 2.97. The van der Waals surface area contributed by atoms with Crippen LogP contribution in [-0.4, -0.2) is 34.9 Å². The number of carbonyl (C=O) groups is 3. The molecule has 6 nitrogen and oxygen atoms in total. The molecule has 1 fully saturated rings. The highest BCUT2D eigenvalue weighted by molar-refractivity contribution is 7.09. The summed E-state index contributed by atoms with van der Waals surface area (Å²) in [4.78, 5) is 42.8. The highest BCUT2D eigenvalue weighted by Gasteiger charge is 2.43. The Balaban J connectivity index is 1.86. The van der Waals surface area contributed by atoms with E-state index in [2.05, 4.69) is 17.1 Å². The van der Waals surface area contributed by atoms with Gasteiger partial charge in [-0.1, -0.05) is 24.6 Å². The minimum absolute atomic E-state index is 0.000943. The third kappa shape index (κ3) is 7.73. The summed E-state index contributed by atoms with van der Waals surface area (Å²) in [5.74, 6) is -1.03. The van der Waals surface area contributed by atoms with Crippen molar-refractivity contribution in [2.24, 2.45) is 17.3 Å². The van der Waals surface area contributed by atoms with Crippen LogP contribution in [0.5, 0.6) is 0 Å². The SMILES string of the molecule is CC(=O)O[C@H]1[C@@H]2CCC/C=C/C[C@@H](/C(C)=C/c3csc(C)n3)OC(=O)/C=C/C(C)(C)C(=O)[C@@H]1CCC2. The molecule has 0 unspecified atom stereocenters. The van der Waals surface area contributed by atoms with Gasteiger partial charge in [-0.25, -0.2) is 9.78 Å². The van der Waals surface area contributed by atoms with E-state index in [9.17, 15) is 14.4 Å². The van der Waals surface area contributed by atoms with Gasteiger partial charge in [0, 0.05) is 30.2 Å². The lowest BCUT2D eigenvalue weighted by Crippen LogP contribution is -2.45. The molecule has 2 bridgehead atoms. The number of rotatable bonds is 3. The third-order valence-electron chi connectivity index (χ3n) is 7.10. The van der Waals surface area contributed by atoms with Gasteiger partial charge in [0.2, 0.25) is 0 Å². The second-order valence-electron chi connectivity index (χ2n) is 10.5. The molecule has 0 spiro atoms. The van der Waals surface area contributed by atoms with Gasteiger partial charge < -0.3 is 9.47 Å².